The maximum absolute atomic E-state index is 12.1. The van der Waals surface area contributed by atoms with E-state index in [1.54, 1.807) is 36.9 Å². The Morgan fingerprint density at radius 2 is 2.00 bits per heavy atom. The number of nitrogens with zero attached hydrogens (tertiary/aromatic N) is 2. The molecule has 1 aromatic carbocycles. The minimum absolute atomic E-state index is 0.243. The van der Waals surface area contributed by atoms with Gasteiger partial charge in [-0.25, -0.2) is 5.43 Å². The molecule has 0 aliphatic rings. The molecule has 1 amide bonds. The van der Waals surface area contributed by atoms with Gasteiger partial charge in [-0.15, -0.1) is 0 Å². The fraction of sp³-hybridized carbons (Fsp3) is 0. The van der Waals surface area contributed by atoms with Gasteiger partial charge in [0.2, 0.25) is 0 Å². The standard InChI is InChI=1S/C15H12N4O/c20-15(19-18-9-11-5-7-16-8-6-11)13-10-17-14-4-2-1-3-12(13)14/h1-10,17H,(H,19,20). The van der Waals surface area contributed by atoms with Crippen molar-refractivity contribution in [3.63, 3.8) is 0 Å². The second kappa shape index (κ2) is 5.36. The van der Waals surface area contributed by atoms with Crippen molar-refractivity contribution in [2.75, 3.05) is 0 Å². The molecule has 0 fully saturated rings. The van der Waals surface area contributed by atoms with Crippen LogP contribution in [0.4, 0.5) is 0 Å². The highest BCUT2D eigenvalue weighted by atomic mass is 16.2. The Morgan fingerprint density at radius 1 is 1.20 bits per heavy atom. The highest BCUT2D eigenvalue weighted by Crippen LogP contribution is 2.17. The predicted molar refractivity (Wildman–Crippen MR) is 77.6 cm³/mol. The molecule has 0 saturated carbocycles. The maximum atomic E-state index is 12.1. The maximum Gasteiger partial charge on any atom is 0.273 e. The number of carbonyl (C=O) groups excluding carboxylic acids is 1. The number of hydrogen-bond donors (Lipinski definition) is 2. The van der Waals surface area contributed by atoms with E-state index in [1.807, 2.05) is 24.3 Å². The van der Waals surface area contributed by atoms with Gasteiger partial charge in [-0.1, -0.05) is 18.2 Å². The molecule has 0 spiro atoms. The van der Waals surface area contributed by atoms with Gasteiger partial charge >= 0.3 is 0 Å². The van der Waals surface area contributed by atoms with E-state index in [2.05, 4.69) is 20.5 Å². The van der Waals surface area contributed by atoms with Gasteiger partial charge in [0.05, 0.1) is 11.8 Å². The van der Waals surface area contributed by atoms with Crippen LogP contribution in [0.5, 0.6) is 0 Å². The number of nitrogens with one attached hydrogen (secondary N) is 2. The lowest BCUT2D eigenvalue weighted by molar-refractivity contribution is 0.0957. The topological polar surface area (TPSA) is 70.1 Å². The summed E-state index contributed by atoms with van der Waals surface area (Å²) in [7, 11) is 0. The molecule has 3 rings (SSSR count). The zero-order valence-corrected chi connectivity index (χ0v) is 10.6. The number of carbonyl (C=O) groups is 1. The summed E-state index contributed by atoms with van der Waals surface area (Å²) >= 11 is 0. The molecular formula is C15H12N4O. The molecule has 2 aromatic heterocycles. The third-order valence-electron chi connectivity index (χ3n) is 2.92. The normalized spacial score (nSPS) is 11.0. The van der Waals surface area contributed by atoms with Gasteiger partial charge < -0.3 is 4.98 Å². The lowest BCUT2D eigenvalue weighted by Gasteiger charge is -1.97. The number of amides is 1. The first-order valence-corrected chi connectivity index (χ1v) is 6.14. The molecule has 5 nitrogen and oxygen atoms in total. The number of aromatic nitrogens is 2. The van der Waals surface area contributed by atoms with E-state index in [4.69, 9.17) is 0 Å². The number of para-hydroxylation sites is 1. The van der Waals surface area contributed by atoms with Gasteiger partial charge in [-0.3, -0.25) is 9.78 Å². The average molecular weight is 264 g/mol. The zero-order chi connectivity index (χ0) is 13.8. The fourth-order valence-electron chi connectivity index (χ4n) is 1.93. The summed E-state index contributed by atoms with van der Waals surface area (Å²) < 4.78 is 0. The number of aromatic amines is 1. The molecule has 0 aliphatic carbocycles. The number of benzene rings is 1. The van der Waals surface area contributed by atoms with Gasteiger partial charge in [-0.2, -0.15) is 5.10 Å². The quantitative estimate of drug-likeness (QED) is 0.563. The lowest BCUT2D eigenvalue weighted by Crippen LogP contribution is -2.17. The Labute approximate surface area is 115 Å². The van der Waals surface area contributed by atoms with E-state index >= 15 is 0 Å². The number of pyridine rings is 1. The van der Waals surface area contributed by atoms with Gasteiger partial charge in [0.1, 0.15) is 0 Å². The van der Waals surface area contributed by atoms with E-state index in [-0.39, 0.29) is 5.91 Å². The highest BCUT2D eigenvalue weighted by molar-refractivity contribution is 6.06. The average Bonchev–Trinajstić information content (AvgIpc) is 2.92. The second-order valence-corrected chi connectivity index (χ2v) is 4.23. The molecule has 0 unspecified atom stereocenters. The van der Waals surface area contributed by atoms with Crippen LogP contribution in [-0.4, -0.2) is 22.1 Å². The molecule has 0 aliphatic heterocycles. The molecule has 20 heavy (non-hydrogen) atoms. The molecule has 2 heterocycles. The van der Waals surface area contributed by atoms with Crippen LogP contribution in [0.25, 0.3) is 10.9 Å². The summed E-state index contributed by atoms with van der Waals surface area (Å²) in [5, 5.41) is 4.82. The minimum Gasteiger partial charge on any atom is -0.360 e. The van der Waals surface area contributed by atoms with E-state index in [1.165, 1.54) is 0 Å². The van der Waals surface area contributed by atoms with E-state index in [0.717, 1.165) is 16.5 Å². The molecule has 5 heteroatoms. The van der Waals surface area contributed by atoms with E-state index in [9.17, 15) is 4.79 Å². The molecule has 0 saturated heterocycles. The van der Waals surface area contributed by atoms with Crippen LogP contribution in [0.1, 0.15) is 15.9 Å². The summed E-state index contributed by atoms with van der Waals surface area (Å²) in [6.07, 6.45) is 6.60. The van der Waals surface area contributed by atoms with Crippen LogP contribution in [0, 0.1) is 0 Å². The Kier molecular flexibility index (Phi) is 3.24. The van der Waals surface area contributed by atoms with Crippen molar-refractivity contribution >= 4 is 23.0 Å². The van der Waals surface area contributed by atoms with Crippen molar-refractivity contribution in [3.05, 3.63) is 66.1 Å². The molecule has 3 aromatic rings. The van der Waals surface area contributed by atoms with Crippen molar-refractivity contribution in [1.29, 1.82) is 0 Å². The first kappa shape index (κ1) is 12.1. The highest BCUT2D eigenvalue weighted by Gasteiger charge is 2.10. The Balaban J connectivity index is 1.75. The Hall–Kier alpha value is -2.95. The Morgan fingerprint density at radius 3 is 2.85 bits per heavy atom. The summed E-state index contributed by atoms with van der Waals surface area (Å²) in [5.74, 6) is -0.243. The third kappa shape index (κ3) is 2.42. The van der Waals surface area contributed by atoms with Crippen LogP contribution in [0.3, 0.4) is 0 Å². The third-order valence-corrected chi connectivity index (χ3v) is 2.92. The lowest BCUT2D eigenvalue weighted by atomic mass is 10.2. The van der Waals surface area contributed by atoms with E-state index < -0.39 is 0 Å². The summed E-state index contributed by atoms with van der Waals surface area (Å²) in [6.45, 7) is 0. The first-order valence-electron chi connectivity index (χ1n) is 6.14. The molecule has 98 valence electrons. The van der Waals surface area contributed by atoms with Crippen LogP contribution in [-0.2, 0) is 0 Å². The van der Waals surface area contributed by atoms with Crippen LogP contribution in [0.2, 0.25) is 0 Å². The number of fused-ring (bicyclic) bond motifs is 1. The number of rotatable bonds is 3. The molecule has 0 bridgehead atoms. The zero-order valence-electron chi connectivity index (χ0n) is 10.6. The smallest absolute Gasteiger partial charge is 0.273 e. The number of hydrazone groups is 1. The minimum atomic E-state index is -0.243. The molecule has 0 atom stereocenters. The largest absolute Gasteiger partial charge is 0.360 e. The van der Waals surface area contributed by atoms with Crippen molar-refractivity contribution in [2.24, 2.45) is 5.10 Å². The van der Waals surface area contributed by atoms with Crippen molar-refractivity contribution in [3.8, 4) is 0 Å². The summed E-state index contributed by atoms with van der Waals surface area (Å²) in [5.41, 5.74) is 4.89. The molecule has 0 radical (unpaired) electrons. The van der Waals surface area contributed by atoms with Gasteiger partial charge in [0.15, 0.2) is 0 Å². The molecular weight excluding hydrogens is 252 g/mol. The van der Waals surface area contributed by atoms with Crippen molar-refractivity contribution in [2.45, 2.75) is 0 Å². The van der Waals surface area contributed by atoms with Gasteiger partial charge in [0, 0.05) is 29.5 Å². The summed E-state index contributed by atoms with van der Waals surface area (Å²) in [6, 6.07) is 11.2. The van der Waals surface area contributed by atoms with Gasteiger partial charge in [0.25, 0.3) is 5.91 Å². The Bertz CT molecular complexity index is 762. The van der Waals surface area contributed by atoms with Gasteiger partial charge in [-0.05, 0) is 23.8 Å². The van der Waals surface area contributed by atoms with Crippen LogP contribution >= 0.6 is 0 Å². The van der Waals surface area contributed by atoms with Crippen LogP contribution in [0.15, 0.2) is 60.1 Å². The first-order chi connectivity index (χ1) is 9.84. The SMILES string of the molecule is O=C(NN=Cc1ccncc1)c1c[nH]c2ccccc12. The molecule has 2 N–H and O–H groups in total. The monoisotopic (exact) mass is 264 g/mol. The van der Waals surface area contributed by atoms with Crippen molar-refractivity contribution < 1.29 is 4.79 Å². The number of hydrogen-bond acceptors (Lipinski definition) is 3. The predicted octanol–water partition coefficient (Wildman–Crippen LogP) is 2.33. The van der Waals surface area contributed by atoms with Crippen LogP contribution < -0.4 is 5.43 Å². The number of H-pyrrole nitrogens is 1. The second-order valence-electron chi connectivity index (χ2n) is 4.23. The fourth-order valence-corrected chi connectivity index (χ4v) is 1.93. The van der Waals surface area contributed by atoms with E-state index in [0.29, 0.717) is 5.56 Å². The van der Waals surface area contributed by atoms with Crippen molar-refractivity contribution in [1.82, 2.24) is 15.4 Å². The summed E-state index contributed by atoms with van der Waals surface area (Å²) in [4.78, 5) is 19.0.